The third-order valence-corrected chi connectivity index (χ3v) is 7.92. The molecule has 0 spiro atoms. The van der Waals surface area contributed by atoms with E-state index in [4.69, 9.17) is 9.72 Å². The molecule has 8 heteroatoms. The number of rotatable bonds is 9. The van der Waals surface area contributed by atoms with Crippen LogP contribution in [-0.2, 0) is 17.6 Å². The zero-order valence-electron chi connectivity index (χ0n) is 18.8. The van der Waals surface area contributed by atoms with Crippen molar-refractivity contribution in [2.75, 3.05) is 12.4 Å². The summed E-state index contributed by atoms with van der Waals surface area (Å²) in [7, 11) is 0. The second kappa shape index (κ2) is 10.1. The molecule has 1 N–H and O–H groups in total. The number of amides is 1. The van der Waals surface area contributed by atoms with Crippen molar-refractivity contribution in [1.29, 1.82) is 0 Å². The van der Waals surface area contributed by atoms with E-state index in [1.807, 2.05) is 31.2 Å². The van der Waals surface area contributed by atoms with Crippen molar-refractivity contribution < 1.29 is 9.53 Å². The number of benzene rings is 1. The number of fused-ring (bicyclic) bond motifs is 3. The van der Waals surface area contributed by atoms with Crippen molar-refractivity contribution in [3.63, 3.8) is 0 Å². The lowest BCUT2D eigenvalue weighted by molar-refractivity contribution is -0.119. The van der Waals surface area contributed by atoms with E-state index in [9.17, 15) is 9.59 Å². The number of nitrogens with zero attached hydrogens (tertiary/aromatic N) is 2. The lowest BCUT2D eigenvalue weighted by atomic mass is 10.2. The standard InChI is InChI=1S/C24H29N3O3S2/c1-4-15(5-2)25-20(28)14-31-24-26-22-21(18-8-7-9-19(18)32-22)23(29)27(24)16-10-12-17(13-11-16)30-6-3/h10-13,15H,4-9,14H2,1-3H3,(H,25,28). The molecule has 0 unspecified atom stereocenters. The molecule has 3 aromatic rings. The number of hydrogen-bond donors (Lipinski definition) is 1. The highest BCUT2D eigenvalue weighted by atomic mass is 32.2. The maximum atomic E-state index is 13.7. The van der Waals surface area contributed by atoms with Crippen LogP contribution in [0.4, 0.5) is 0 Å². The fourth-order valence-electron chi connectivity index (χ4n) is 4.10. The van der Waals surface area contributed by atoms with E-state index in [0.29, 0.717) is 11.8 Å². The summed E-state index contributed by atoms with van der Waals surface area (Å²) in [6, 6.07) is 7.65. The molecule has 1 amide bonds. The van der Waals surface area contributed by atoms with Crippen molar-refractivity contribution in [1.82, 2.24) is 14.9 Å². The van der Waals surface area contributed by atoms with Gasteiger partial charge in [0.1, 0.15) is 10.6 Å². The van der Waals surface area contributed by atoms with Crippen molar-refractivity contribution in [3.8, 4) is 11.4 Å². The van der Waals surface area contributed by atoms with Gasteiger partial charge in [-0.05, 0) is 68.9 Å². The van der Waals surface area contributed by atoms with Crippen LogP contribution in [0.3, 0.4) is 0 Å². The van der Waals surface area contributed by atoms with Gasteiger partial charge in [0.25, 0.3) is 5.56 Å². The molecule has 0 aliphatic heterocycles. The summed E-state index contributed by atoms with van der Waals surface area (Å²) in [4.78, 5) is 33.1. The second-order valence-electron chi connectivity index (χ2n) is 7.87. The Labute approximate surface area is 196 Å². The Bertz CT molecular complexity index is 1160. The molecule has 4 rings (SSSR count). The Morgan fingerprint density at radius 1 is 1.22 bits per heavy atom. The molecule has 0 bridgehead atoms. The fourth-order valence-corrected chi connectivity index (χ4v) is 6.23. The van der Waals surface area contributed by atoms with E-state index >= 15 is 0 Å². The van der Waals surface area contributed by atoms with Gasteiger partial charge in [-0.1, -0.05) is 25.6 Å². The van der Waals surface area contributed by atoms with E-state index < -0.39 is 0 Å². The summed E-state index contributed by atoms with van der Waals surface area (Å²) in [5, 5.41) is 4.35. The summed E-state index contributed by atoms with van der Waals surface area (Å²) in [6.07, 6.45) is 4.83. The number of ether oxygens (including phenoxy) is 1. The average molecular weight is 472 g/mol. The van der Waals surface area contributed by atoms with Crippen molar-refractivity contribution in [2.45, 2.75) is 64.1 Å². The molecule has 0 fully saturated rings. The Morgan fingerprint density at radius 3 is 2.66 bits per heavy atom. The van der Waals surface area contributed by atoms with E-state index in [1.54, 1.807) is 15.9 Å². The Balaban J connectivity index is 1.72. The van der Waals surface area contributed by atoms with Gasteiger partial charge in [0.2, 0.25) is 5.91 Å². The van der Waals surface area contributed by atoms with Crippen LogP contribution < -0.4 is 15.6 Å². The van der Waals surface area contributed by atoms with Gasteiger partial charge in [0.05, 0.1) is 23.4 Å². The minimum atomic E-state index is -0.0542. The van der Waals surface area contributed by atoms with Gasteiger partial charge < -0.3 is 10.1 Å². The van der Waals surface area contributed by atoms with E-state index in [1.165, 1.54) is 16.6 Å². The number of thioether (sulfide) groups is 1. The molecule has 1 aromatic carbocycles. The number of hydrogen-bond acceptors (Lipinski definition) is 6. The van der Waals surface area contributed by atoms with Crippen LogP contribution in [0.1, 0.15) is 50.5 Å². The smallest absolute Gasteiger partial charge is 0.267 e. The van der Waals surface area contributed by atoms with Crippen LogP contribution in [0.25, 0.3) is 15.9 Å². The molecule has 0 radical (unpaired) electrons. The van der Waals surface area contributed by atoms with Crippen molar-refractivity contribution in [2.24, 2.45) is 0 Å². The highest BCUT2D eigenvalue weighted by molar-refractivity contribution is 7.99. The van der Waals surface area contributed by atoms with Crippen LogP contribution in [0, 0.1) is 0 Å². The molecule has 6 nitrogen and oxygen atoms in total. The zero-order chi connectivity index (χ0) is 22.7. The third-order valence-electron chi connectivity index (χ3n) is 5.80. The lowest BCUT2D eigenvalue weighted by Gasteiger charge is -2.16. The summed E-state index contributed by atoms with van der Waals surface area (Å²) >= 11 is 2.93. The van der Waals surface area contributed by atoms with Crippen LogP contribution >= 0.6 is 23.1 Å². The van der Waals surface area contributed by atoms with Gasteiger partial charge >= 0.3 is 0 Å². The predicted molar refractivity (Wildman–Crippen MR) is 132 cm³/mol. The topological polar surface area (TPSA) is 73.2 Å². The van der Waals surface area contributed by atoms with Gasteiger partial charge in [-0.25, -0.2) is 4.98 Å². The minimum absolute atomic E-state index is 0.0371. The highest BCUT2D eigenvalue weighted by Gasteiger charge is 2.24. The molecule has 2 heterocycles. The van der Waals surface area contributed by atoms with Crippen LogP contribution in [0.5, 0.6) is 5.75 Å². The molecule has 32 heavy (non-hydrogen) atoms. The molecule has 1 aliphatic rings. The molecule has 1 aliphatic carbocycles. The summed E-state index contributed by atoms with van der Waals surface area (Å²) in [5.41, 5.74) is 1.83. The van der Waals surface area contributed by atoms with Crippen LogP contribution in [-0.4, -0.2) is 33.9 Å². The Morgan fingerprint density at radius 2 is 1.97 bits per heavy atom. The quantitative estimate of drug-likeness (QED) is 0.361. The number of carbonyl (C=O) groups is 1. The van der Waals surface area contributed by atoms with Gasteiger partial charge in [0.15, 0.2) is 5.16 Å². The number of aryl methyl sites for hydroxylation is 2. The number of nitrogens with one attached hydrogen (secondary N) is 1. The van der Waals surface area contributed by atoms with Crippen molar-refractivity contribution in [3.05, 3.63) is 45.1 Å². The van der Waals surface area contributed by atoms with E-state index in [2.05, 4.69) is 19.2 Å². The number of carbonyl (C=O) groups excluding carboxylic acids is 1. The van der Waals surface area contributed by atoms with E-state index in [0.717, 1.165) is 59.3 Å². The molecular weight excluding hydrogens is 442 g/mol. The molecule has 2 aromatic heterocycles. The van der Waals surface area contributed by atoms with Crippen molar-refractivity contribution >= 4 is 39.2 Å². The monoisotopic (exact) mass is 471 g/mol. The first kappa shape index (κ1) is 22.9. The maximum absolute atomic E-state index is 13.7. The fraction of sp³-hybridized carbons (Fsp3) is 0.458. The molecule has 0 saturated heterocycles. The molecule has 170 valence electrons. The lowest BCUT2D eigenvalue weighted by Crippen LogP contribution is -2.35. The highest BCUT2D eigenvalue weighted by Crippen LogP contribution is 2.36. The largest absolute Gasteiger partial charge is 0.494 e. The molecular formula is C24H29N3O3S2. The normalized spacial score (nSPS) is 13.0. The first-order valence-corrected chi connectivity index (χ1v) is 13.1. The second-order valence-corrected chi connectivity index (χ2v) is 9.90. The first-order valence-electron chi connectivity index (χ1n) is 11.3. The molecule has 0 saturated carbocycles. The SMILES string of the molecule is CCOc1ccc(-n2c(SCC(=O)NC(CC)CC)nc3sc4c(c3c2=O)CCC4)cc1. The van der Waals surface area contributed by atoms with Gasteiger partial charge in [0, 0.05) is 10.9 Å². The first-order chi connectivity index (χ1) is 15.5. The summed E-state index contributed by atoms with van der Waals surface area (Å²) in [5.74, 6) is 0.940. The van der Waals surface area contributed by atoms with Crippen LogP contribution in [0.15, 0.2) is 34.2 Å². The Kier molecular flexibility index (Phi) is 7.20. The summed E-state index contributed by atoms with van der Waals surface area (Å²) in [6.45, 7) is 6.66. The predicted octanol–water partition coefficient (Wildman–Crippen LogP) is 4.73. The van der Waals surface area contributed by atoms with Gasteiger partial charge in [-0.3, -0.25) is 14.2 Å². The summed E-state index contributed by atoms with van der Waals surface area (Å²) < 4.78 is 7.20. The zero-order valence-corrected chi connectivity index (χ0v) is 20.4. The number of aromatic nitrogens is 2. The van der Waals surface area contributed by atoms with Gasteiger partial charge in [-0.2, -0.15) is 0 Å². The van der Waals surface area contributed by atoms with Gasteiger partial charge in [-0.15, -0.1) is 11.3 Å². The third kappa shape index (κ3) is 4.57. The van der Waals surface area contributed by atoms with E-state index in [-0.39, 0.29) is 23.3 Å². The molecule has 0 atom stereocenters. The number of thiophene rings is 1. The average Bonchev–Trinajstić information content (AvgIpc) is 3.38. The van der Waals surface area contributed by atoms with Crippen LogP contribution in [0.2, 0.25) is 0 Å². The maximum Gasteiger partial charge on any atom is 0.267 e. The Hall–Kier alpha value is -2.32. The minimum Gasteiger partial charge on any atom is -0.494 e.